The average molecular weight is 390 g/mol. The van der Waals surface area contributed by atoms with Gasteiger partial charge in [0.25, 0.3) is 0 Å². The lowest BCUT2D eigenvalue weighted by molar-refractivity contribution is -0.136. The topological polar surface area (TPSA) is 103 Å². The van der Waals surface area contributed by atoms with E-state index in [1.165, 1.54) is 7.11 Å². The van der Waals surface area contributed by atoms with Gasteiger partial charge in [0, 0.05) is 12.0 Å². The number of rotatable bonds is 6. The molecule has 28 heavy (non-hydrogen) atoms. The lowest BCUT2D eigenvalue weighted by Crippen LogP contribution is -2.34. The summed E-state index contributed by atoms with van der Waals surface area (Å²) in [6.45, 7) is 5.33. The molecule has 1 aromatic carbocycles. The van der Waals surface area contributed by atoms with Gasteiger partial charge in [0.15, 0.2) is 0 Å². The summed E-state index contributed by atoms with van der Waals surface area (Å²) in [5.74, 6) is -0.809. The number of nitrogens with one attached hydrogen (secondary N) is 2. The molecule has 152 valence electrons. The van der Waals surface area contributed by atoms with Gasteiger partial charge in [-0.2, -0.15) is 0 Å². The Kier molecular flexibility index (Phi) is 7.03. The van der Waals surface area contributed by atoms with Crippen molar-refractivity contribution in [2.24, 2.45) is 5.92 Å². The Bertz CT molecular complexity index is 739. The molecular weight excluding hydrogens is 364 g/mol. The number of esters is 1. The van der Waals surface area contributed by atoms with Crippen LogP contribution in [0.3, 0.4) is 0 Å². The van der Waals surface area contributed by atoms with Crippen LogP contribution in [0.15, 0.2) is 42.1 Å². The molecule has 0 spiro atoms. The maximum Gasteiger partial charge on any atom is 0.412 e. The molecule has 8 nitrogen and oxygen atoms in total. The Morgan fingerprint density at radius 3 is 2.43 bits per heavy atom. The van der Waals surface area contributed by atoms with Crippen molar-refractivity contribution < 1.29 is 28.6 Å². The summed E-state index contributed by atoms with van der Waals surface area (Å²) in [6, 6.07) is 9.16. The van der Waals surface area contributed by atoms with Crippen LogP contribution in [0.4, 0.5) is 9.59 Å². The van der Waals surface area contributed by atoms with E-state index in [-0.39, 0.29) is 24.3 Å². The molecule has 2 amide bonds. The van der Waals surface area contributed by atoms with Crippen LogP contribution in [0.2, 0.25) is 0 Å². The van der Waals surface area contributed by atoms with Gasteiger partial charge >= 0.3 is 18.2 Å². The van der Waals surface area contributed by atoms with E-state index in [1.54, 1.807) is 26.8 Å². The second-order valence-electron chi connectivity index (χ2n) is 7.41. The van der Waals surface area contributed by atoms with Crippen LogP contribution < -0.4 is 10.6 Å². The third-order valence-corrected chi connectivity index (χ3v) is 3.78. The van der Waals surface area contributed by atoms with Gasteiger partial charge < -0.3 is 19.5 Å². The molecule has 1 aliphatic carbocycles. The summed E-state index contributed by atoms with van der Waals surface area (Å²) in [6.07, 6.45) is 0.885. The lowest BCUT2D eigenvalue weighted by Gasteiger charge is -2.20. The van der Waals surface area contributed by atoms with Gasteiger partial charge in [-0.1, -0.05) is 30.3 Å². The zero-order valence-electron chi connectivity index (χ0n) is 16.5. The Balaban J connectivity index is 1.85. The molecule has 2 unspecified atom stereocenters. The summed E-state index contributed by atoms with van der Waals surface area (Å²) in [7, 11) is 1.22. The van der Waals surface area contributed by atoms with Crippen molar-refractivity contribution >= 4 is 18.2 Å². The lowest BCUT2D eigenvalue weighted by atomic mass is 10.2. The normalized spacial score (nSPS) is 18.6. The smallest absolute Gasteiger partial charge is 0.412 e. The second-order valence-corrected chi connectivity index (χ2v) is 7.41. The molecule has 1 saturated carbocycles. The number of hydrogen-bond donors (Lipinski definition) is 2. The Morgan fingerprint density at radius 2 is 1.82 bits per heavy atom. The third-order valence-electron chi connectivity index (χ3n) is 3.78. The molecule has 0 saturated heterocycles. The molecule has 0 radical (unpaired) electrons. The van der Waals surface area contributed by atoms with Crippen molar-refractivity contribution in [3.8, 4) is 0 Å². The number of carbonyl (C=O) groups is 3. The number of amides is 2. The number of benzene rings is 1. The standard InChI is InChI=1S/C20H26N2O6/c1-20(2,3)28-19(25)22-16(17(23)26-4)11-14-10-15(14)21-18(24)27-12-13-8-6-5-7-9-13/h5-9,11,14-15H,10,12H2,1-4H3,(H,21,24)(H,22,25)/b16-11-. The fourth-order valence-electron chi connectivity index (χ4n) is 2.38. The summed E-state index contributed by atoms with van der Waals surface area (Å²) in [5, 5.41) is 5.12. The van der Waals surface area contributed by atoms with E-state index < -0.39 is 23.8 Å². The molecule has 1 aliphatic rings. The molecule has 0 aromatic heterocycles. The van der Waals surface area contributed by atoms with Gasteiger partial charge in [-0.15, -0.1) is 0 Å². The molecule has 2 atom stereocenters. The zero-order chi connectivity index (χ0) is 20.7. The number of ether oxygens (including phenoxy) is 3. The summed E-state index contributed by atoms with van der Waals surface area (Å²) in [5.41, 5.74) is 0.167. The zero-order valence-corrected chi connectivity index (χ0v) is 16.5. The van der Waals surface area contributed by atoms with Crippen molar-refractivity contribution in [1.82, 2.24) is 10.6 Å². The fraction of sp³-hybridized carbons (Fsp3) is 0.450. The van der Waals surface area contributed by atoms with Crippen LogP contribution >= 0.6 is 0 Å². The van der Waals surface area contributed by atoms with Crippen LogP contribution in [-0.4, -0.2) is 36.9 Å². The minimum absolute atomic E-state index is 0.0243. The number of carbonyl (C=O) groups excluding carboxylic acids is 3. The quantitative estimate of drug-likeness (QED) is 0.440. The predicted octanol–water partition coefficient (Wildman–Crippen LogP) is 2.88. The third kappa shape index (κ3) is 7.30. The molecule has 2 rings (SSSR count). The molecule has 0 bridgehead atoms. The summed E-state index contributed by atoms with van der Waals surface area (Å²) in [4.78, 5) is 35.7. The molecule has 1 aromatic rings. The first-order valence-electron chi connectivity index (χ1n) is 8.95. The molecule has 8 heteroatoms. The molecular formula is C20H26N2O6. The van der Waals surface area contributed by atoms with E-state index >= 15 is 0 Å². The Labute approximate surface area is 164 Å². The van der Waals surface area contributed by atoms with E-state index in [9.17, 15) is 14.4 Å². The van der Waals surface area contributed by atoms with Gasteiger partial charge in [0.2, 0.25) is 0 Å². The molecule has 1 fully saturated rings. The van der Waals surface area contributed by atoms with E-state index in [0.717, 1.165) is 5.56 Å². The largest absolute Gasteiger partial charge is 0.464 e. The first-order chi connectivity index (χ1) is 13.2. The average Bonchev–Trinajstić information content (AvgIpc) is 3.35. The van der Waals surface area contributed by atoms with E-state index in [4.69, 9.17) is 9.47 Å². The van der Waals surface area contributed by atoms with E-state index in [2.05, 4.69) is 15.4 Å². The monoisotopic (exact) mass is 390 g/mol. The highest BCUT2D eigenvalue weighted by Gasteiger charge is 2.38. The van der Waals surface area contributed by atoms with Crippen molar-refractivity contribution in [2.75, 3.05) is 7.11 Å². The first kappa shape index (κ1) is 21.3. The highest BCUT2D eigenvalue weighted by Crippen LogP contribution is 2.32. The maximum atomic E-state index is 11.9. The predicted molar refractivity (Wildman–Crippen MR) is 101 cm³/mol. The van der Waals surface area contributed by atoms with E-state index in [0.29, 0.717) is 6.42 Å². The number of hydrogen-bond acceptors (Lipinski definition) is 6. The van der Waals surface area contributed by atoms with Gasteiger partial charge in [-0.05, 0) is 38.8 Å². The molecule has 0 aliphatic heterocycles. The SMILES string of the molecule is COC(=O)/C(=C/C1CC1NC(=O)OCc1ccccc1)NC(=O)OC(C)(C)C. The summed E-state index contributed by atoms with van der Waals surface area (Å²) < 4.78 is 15.0. The highest BCUT2D eigenvalue weighted by atomic mass is 16.6. The van der Waals surface area contributed by atoms with Gasteiger partial charge in [0.05, 0.1) is 7.11 Å². The first-order valence-corrected chi connectivity index (χ1v) is 8.95. The van der Waals surface area contributed by atoms with E-state index in [1.807, 2.05) is 30.3 Å². The molecule has 2 N–H and O–H groups in total. The van der Waals surface area contributed by atoms with Crippen molar-refractivity contribution in [1.29, 1.82) is 0 Å². The second kappa shape index (κ2) is 9.25. The Hall–Kier alpha value is -3.03. The minimum Gasteiger partial charge on any atom is -0.464 e. The maximum absolute atomic E-state index is 11.9. The minimum atomic E-state index is -0.753. The number of alkyl carbamates (subject to hydrolysis) is 2. The van der Waals surface area contributed by atoms with Crippen LogP contribution in [0, 0.1) is 5.92 Å². The van der Waals surface area contributed by atoms with Crippen molar-refractivity contribution in [2.45, 2.75) is 45.4 Å². The van der Waals surface area contributed by atoms with Crippen LogP contribution in [-0.2, 0) is 25.6 Å². The van der Waals surface area contributed by atoms with Gasteiger partial charge in [-0.25, -0.2) is 14.4 Å². The Morgan fingerprint density at radius 1 is 1.14 bits per heavy atom. The van der Waals surface area contributed by atoms with Crippen molar-refractivity contribution in [3.05, 3.63) is 47.7 Å². The van der Waals surface area contributed by atoms with Crippen molar-refractivity contribution in [3.63, 3.8) is 0 Å². The number of methoxy groups -OCH3 is 1. The van der Waals surface area contributed by atoms with Crippen LogP contribution in [0.25, 0.3) is 0 Å². The van der Waals surface area contributed by atoms with Gasteiger partial charge in [0.1, 0.15) is 17.9 Å². The fourth-order valence-corrected chi connectivity index (χ4v) is 2.38. The molecule has 0 heterocycles. The van der Waals surface area contributed by atoms with Crippen LogP contribution in [0.1, 0.15) is 32.8 Å². The summed E-state index contributed by atoms with van der Waals surface area (Å²) >= 11 is 0. The van der Waals surface area contributed by atoms with Crippen LogP contribution in [0.5, 0.6) is 0 Å². The van der Waals surface area contributed by atoms with Gasteiger partial charge in [-0.3, -0.25) is 5.32 Å². The highest BCUT2D eigenvalue weighted by molar-refractivity contribution is 5.92.